The lowest BCUT2D eigenvalue weighted by Crippen LogP contribution is -2.56. The molecule has 1 heterocycles. The maximum absolute atomic E-state index is 13.7. The molecule has 41 heavy (non-hydrogen) atoms. The number of hydrogen-bond donors (Lipinski definition) is 4. The maximum atomic E-state index is 13.7. The lowest BCUT2D eigenvalue weighted by atomic mass is 9.74. The van der Waals surface area contributed by atoms with E-state index in [1.807, 2.05) is 0 Å². The van der Waals surface area contributed by atoms with Crippen LogP contribution in [0, 0.1) is 29.3 Å². The van der Waals surface area contributed by atoms with E-state index in [9.17, 15) is 41.1 Å². The fraction of sp³-hybridized carbons (Fsp3) is 0.444. The van der Waals surface area contributed by atoms with Crippen molar-refractivity contribution >= 4 is 44.8 Å². The molecule has 0 aromatic heterocycles. The van der Waals surface area contributed by atoms with Crippen molar-refractivity contribution in [1.82, 2.24) is 10.6 Å². The van der Waals surface area contributed by atoms with Gasteiger partial charge in [-0.1, -0.05) is 11.6 Å². The largest absolute Gasteiger partial charge is 0.387 e. The zero-order valence-electron chi connectivity index (χ0n) is 21.6. The Bertz CT molecular complexity index is 1500. The van der Waals surface area contributed by atoms with Crippen LogP contribution in [-0.4, -0.2) is 54.7 Å². The van der Waals surface area contributed by atoms with Crippen molar-refractivity contribution in [3.8, 4) is 0 Å². The molecule has 3 aliphatic rings. The summed E-state index contributed by atoms with van der Waals surface area (Å²) in [4.78, 5) is 36.3. The molecule has 2 aromatic carbocycles. The van der Waals surface area contributed by atoms with E-state index in [1.165, 1.54) is 12.1 Å². The number of hydrogen-bond acceptors (Lipinski definition) is 6. The molecule has 220 valence electrons. The molecule has 5 rings (SSSR count). The fourth-order valence-corrected chi connectivity index (χ4v) is 8.59. The third-order valence-electron chi connectivity index (χ3n) is 8.41. The summed E-state index contributed by atoms with van der Waals surface area (Å²) in [6.45, 7) is -0.0682. The average molecular weight is 614 g/mol. The number of aliphatic hydroxyl groups is 1. The summed E-state index contributed by atoms with van der Waals surface area (Å²) in [6.07, 6.45) is 1.95. The molecule has 3 amide bonds. The van der Waals surface area contributed by atoms with Crippen molar-refractivity contribution in [3.63, 3.8) is 0 Å². The van der Waals surface area contributed by atoms with Crippen LogP contribution < -0.4 is 16.0 Å². The SMILES string of the molecule is O=C1CC[C@H](C(=O)NCC2(O)C3CC[C@H]2CC(S(=O)(=O)c2cc(C(=O)Nc4cc(F)c(F)c(F)c4)ccc2Cl)C3)N1. The van der Waals surface area contributed by atoms with Crippen molar-refractivity contribution in [3.05, 3.63) is 58.4 Å². The Morgan fingerprint density at radius 3 is 2.27 bits per heavy atom. The number of fused-ring (bicyclic) bond motifs is 2. The Morgan fingerprint density at radius 2 is 1.68 bits per heavy atom. The standard InChI is InChI=1S/C27H27ClF3N3O6S/c28-18-4-1-13(25(36)33-16-10-19(29)24(31)20(30)11-16)7-22(18)41(39,40)17-8-14-2-3-15(9-17)27(14,38)12-32-26(37)21-5-6-23(35)34-21/h1,4,7,10-11,14-15,17,21,38H,2-3,5-6,8-9,12H2,(H,32,37)(H,33,36)(H,34,35)/t14-,15?,17?,21+,27?/m0/s1. The molecule has 2 aliphatic carbocycles. The predicted octanol–water partition coefficient (Wildman–Crippen LogP) is 3.10. The molecule has 5 atom stereocenters. The lowest BCUT2D eigenvalue weighted by Gasteiger charge is -2.42. The first-order chi connectivity index (χ1) is 19.3. The number of amides is 3. The van der Waals surface area contributed by atoms with Crippen molar-refractivity contribution < 1.29 is 41.1 Å². The third-order valence-corrected chi connectivity index (χ3v) is 11.1. The highest BCUT2D eigenvalue weighted by Gasteiger charge is 2.56. The van der Waals surface area contributed by atoms with Gasteiger partial charge in [-0.25, -0.2) is 21.6 Å². The molecule has 0 radical (unpaired) electrons. The van der Waals surface area contributed by atoms with Gasteiger partial charge in [-0.2, -0.15) is 0 Å². The van der Waals surface area contributed by atoms with Gasteiger partial charge in [0.15, 0.2) is 27.3 Å². The fourth-order valence-electron chi connectivity index (χ4n) is 6.19. The lowest BCUT2D eigenvalue weighted by molar-refractivity contribution is -0.128. The van der Waals surface area contributed by atoms with E-state index in [2.05, 4.69) is 16.0 Å². The Balaban J connectivity index is 1.30. The smallest absolute Gasteiger partial charge is 0.255 e. The van der Waals surface area contributed by atoms with E-state index in [0.29, 0.717) is 31.4 Å². The van der Waals surface area contributed by atoms with Crippen LogP contribution in [0.2, 0.25) is 5.02 Å². The molecule has 1 aliphatic heterocycles. The van der Waals surface area contributed by atoms with E-state index in [0.717, 1.165) is 6.07 Å². The van der Waals surface area contributed by atoms with E-state index in [4.69, 9.17) is 11.6 Å². The Morgan fingerprint density at radius 1 is 1.05 bits per heavy atom. The van der Waals surface area contributed by atoms with Crippen LogP contribution >= 0.6 is 11.6 Å². The summed E-state index contributed by atoms with van der Waals surface area (Å²) < 4.78 is 67.8. The number of nitrogens with one attached hydrogen (secondary N) is 3. The summed E-state index contributed by atoms with van der Waals surface area (Å²) >= 11 is 6.25. The van der Waals surface area contributed by atoms with E-state index < -0.39 is 67.8 Å². The highest BCUT2D eigenvalue weighted by molar-refractivity contribution is 7.92. The monoisotopic (exact) mass is 613 g/mol. The quantitative estimate of drug-likeness (QED) is 0.354. The molecular weight excluding hydrogens is 587 g/mol. The van der Waals surface area contributed by atoms with E-state index in [1.54, 1.807) is 0 Å². The molecule has 2 saturated carbocycles. The molecule has 0 spiro atoms. The van der Waals surface area contributed by atoms with Crippen molar-refractivity contribution in [2.75, 3.05) is 11.9 Å². The van der Waals surface area contributed by atoms with Crippen LogP contribution in [0.25, 0.3) is 0 Å². The summed E-state index contributed by atoms with van der Waals surface area (Å²) in [6, 6.07) is 4.06. The van der Waals surface area contributed by atoms with Crippen molar-refractivity contribution in [1.29, 1.82) is 0 Å². The van der Waals surface area contributed by atoms with Crippen LogP contribution in [0.3, 0.4) is 0 Å². The first-order valence-corrected chi connectivity index (χ1v) is 15.0. The van der Waals surface area contributed by atoms with Gasteiger partial charge in [-0.05, 0) is 62.1 Å². The molecule has 3 unspecified atom stereocenters. The molecule has 9 nitrogen and oxygen atoms in total. The summed E-state index contributed by atoms with van der Waals surface area (Å²) in [5, 5.41) is 17.9. The third kappa shape index (κ3) is 5.54. The van der Waals surface area contributed by atoms with Crippen LogP contribution in [0.5, 0.6) is 0 Å². The number of benzene rings is 2. The number of carbonyl (C=O) groups excluding carboxylic acids is 3. The number of sulfone groups is 1. The molecule has 14 heteroatoms. The molecule has 4 N–H and O–H groups in total. The Hall–Kier alpha value is -3.16. The zero-order valence-corrected chi connectivity index (χ0v) is 23.1. The second-order valence-corrected chi connectivity index (χ2v) is 13.4. The normalized spacial score (nSPS) is 27.4. The van der Waals surface area contributed by atoms with Crippen LogP contribution in [0.1, 0.15) is 48.9 Å². The van der Waals surface area contributed by atoms with Crippen molar-refractivity contribution in [2.45, 2.75) is 60.3 Å². The summed E-state index contributed by atoms with van der Waals surface area (Å²) in [7, 11) is -4.09. The van der Waals surface area contributed by atoms with Gasteiger partial charge in [0.1, 0.15) is 6.04 Å². The van der Waals surface area contributed by atoms with E-state index in [-0.39, 0.29) is 52.9 Å². The highest BCUT2D eigenvalue weighted by Crippen LogP contribution is 2.52. The minimum Gasteiger partial charge on any atom is -0.387 e. The number of rotatable bonds is 7. The number of anilines is 1. The maximum Gasteiger partial charge on any atom is 0.255 e. The Kier molecular flexibility index (Phi) is 7.81. The molecule has 1 saturated heterocycles. The molecular formula is C27H27ClF3N3O6S. The highest BCUT2D eigenvalue weighted by atomic mass is 35.5. The van der Waals surface area contributed by atoms with Gasteiger partial charge >= 0.3 is 0 Å². The van der Waals surface area contributed by atoms with Gasteiger partial charge in [-0.15, -0.1) is 0 Å². The molecule has 2 aromatic rings. The zero-order chi connectivity index (χ0) is 29.7. The van der Waals surface area contributed by atoms with Gasteiger partial charge in [0.2, 0.25) is 11.8 Å². The van der Waals surface area contributed by atoms with Crippen LogP contribution in [0.4, 0.5) is 18.9 Å². The molecule has 3 fully saturated rings. The number of carbonyl (C=O) groups is 3. The van der Waals surface area contributed by atoms with Gasteiger partial charge < -0.3 is 21.1 Å². The van der Waals surface area contributed by atoms with Crippen molar-refractivity contribution in [2.24, 2.45) is 11.8 Å². The summed E-state index contributed by atoms with van der Waals surface area (Å²) in [5.41, 5.74) is -1.83. The second-order valence-electron chi connectivity index (χ2n) is 10.8. The van der Waals surface area contributed by atoms with Gasteiger partial charge in [0.25, 0.3) is 5.91 Å². The summed E-state index contributed by atoms with van der Waals surface area (Å²) in [5.74, 6) is -7.05. The second kappa shape index (κ2) is 10.9. The first kappa shape index (κ1) is 29.3. The minimum absolute atomic E-state index is 0.0682. The molecule has 2 bridgehead atoms. The van der Waals surface area contributed by atoms with Crippen LogP contribution in [0.15, 0.2) is 35.2 Å². The van der Waals surface area contributed by atoms with Gasteiger partial charge in [0, 0.05) is 36.3 Å². The first-order valence-electron chi connectivity index (χ1n) is 13.1. The minimum atomic E-state index is -4.09. The van der Waals surface area contributed by atoms with E-state index >= 15 is 0 Å². The van der Waals surface area contributed by atoms with Crippen LogP contribution in [-0.2, 0) is 19.4 Å². The Labute approximate surface area is 238 Å². The van der Waals surface area contributed by atoms with Gasteiger partial charge in [-0.3, -0.25) is 14.4 Å². The topological polar surface area (TPSA) is 142 Å². The predicted molar refractivity (Wildman–Crippen MR) is 141 cm³/mol. The van der Waals surface area contributed by atoms with Gasteiger partial charge in [0.05, 0.1) is 20.8 Å². The number of halogens is 4. The average Bonchev–Trinajstić information content (AvgIpc) is 3.38.